The monoisotopic (exact) mass is 375 g/mol. The Morgan fingerprint density at radius 2 is 2.11 bits per heavy atom. The summed E-state index contributed by atoms with van der Waals surface area (Å²) >= 11 is 0. The zero-order valence-electron chi connectivity index (χ0n) is 16.0. The van der Waals surface area contributed by atoms with Crippen molar-refractivity contribution in [2.45, 2.75) is 51.6 Å². The van der Waals surface area contributed by atoms with Crippen molar-refractivity contribution in [1.82, 2.24) is 19.6 Å². The molecule has 0 radical (unpaired) electrons. The van der Waals surface area contributed by atoms with E-state index in [1.54, 1.807) is 10.7 Å². The first-order chi connectivity index (χ1) is 13.0. The van der Waals surface area contributed by atoms with Gasteiger partial charge in [-0.05, 0) is 39.0 Å². The summed E-state index contributed by atoms with van der Waals surface area (Å²) in [4.78, 5) is 30.0. The predicted octanol–water partition coefficient (Wildman–Crippen LogP) is 0.794. The van der Waals surface area contributed by atoms with E-state index in [0.717, 1.165) is 57.6 Å². The first-order valence-corrected chi connectivity index (χ1v) is 9.95. The van der Waals surface area contributed by atoms with E-state index >= 15 is 0 Å². The van der Waals surface area contributed by atoms with E-state index in [1.807, 2.05) is 11.8 Å². The highest BCUT2D eigenvalue weighted by atomic mass is 16.5. The van der Waals surface area contributed by atoms with Crippen LogP contribution in [0.3, 0.4) is 0 Å². The van der Waals surface area contributed by atoms with Gasteiger partial charge in [-0.1, -0.05) is 0 Å². The summed E-state index contributed by atoms with van der Waals surface area (Å²) in [6.07, 6.45) is 4.48. The van der Waals surface area contributed by atoms with Crippen LogP contribution in [0.5, 0.6) is 0 Å². The van der Waals surface area contributed by atoms with Gasteiger partial charge in [0.2, 0.25) is 11.8 Å². The highest BCUT2D eigenvalue weighted by molar-refractivity contribution is 5.86. The second kappa shape index (κ2) is 7.14. The normalized spacial score (nSPS) is 26.9. The van der Waals surface area contributed by atoms with Gasteiger partial charge in [-0.15, -0.1) is 0 Å². The summed E-state index contributed by atoms with van der Waals surface area (Å²) in [5.41, 5.74) is 6.30. The molecule has 1 aromatic rings. The van der Waals surface area contributed by atoms with Crippen LogP contribution in [0.15, 0.2) is 6.07 Å². The molecule has 0 bridgehead atoms. The molecule has 8 nitrogen and oxygen atoms in total. The lowest BCUT2D eigenvalue weighted by Crippen LogP contribution is -2.55. The Balaban J connectivity index is 1.43. The number of hydrogen-bond donors (Lipinski definition) is 1. The average molecular weight is 375 g/mol. The number of nitrogen functional groups attached to an aromatic ring is 1. The van der Waals surface area contributed by atoms with Gasteiger partial charge in [-0.2, -0.15) is 5.10 Å². The Bertz CT molecular complexity index is 727. The van der Waals surface area contributed by atoms with Crippen LogP contribution in [0, 0.1) is 12.3 Å². The lowest BCUT2D eigenvalue weighted by atomic mass is 9.77. The van der Waals surface area contributed by atoms with Crippen molar-refractivity contribution in [3.63, 3.8) is 0 Å². The Labute approximate surface area is 159 Å². The number of nitrogens with zero attached hydrogens (tertiary/aromatic N) is 4. The van der Waals surface area contributed by atoms with Crippen LogP contribution in [0.2, 0.25) is 0 Å². The third kappa shape index (κ3) is 3.42. The van der Waals surface area contributed by atoms with E-state index in [9.17, 15) is 9.59 Å². The number of aryl methyl sites for hydroxylation is 1. The van der Waals surface area contributed by atoms with Gasteiger partial charge >= 0.3 is 0 Å². The number of aromatic nitrogens is 2. The summed E-state index contributed by atoms with van der Waals surface area (Å²) in [6.45, 7) is 5.44. The minimum Gasteiger partial charge on any atom is -0.384 e. The van der Waals surface area contributed by atoms with Gasteiger partial charge in [0.15, 0.2) is 0 Å². The van der Waals surface area contributed by atoms with Crippen molar-refractivity contribution in [2.75, 3.05) is 38.6 Å². The zero-order chi connectivity index (χ0) is 19.0. The highest BCUT2D eigenvalue weighted by Gasteiger charge is 2.50. The number of nitrogens with two attached hydrogens (primary N) is 1. The number of ether oxygens (including phenoxy) is 1. The second-order valence-corrected chi connectivity index (χ2v) is 8.16. The fraction of sp³-hybridized carbons (Fsp3) is 0.737. The first kappa shape index (κ1) is 18.3. The molecule has 27 heavy (non-hydrogen) atoms. The average Bonchev–Trinajstić information content (AvgIpc) is 3.22. The van der Waals surface area contributed by atoms with E-state index < -0.39 is 5.41 Å². The third-order valence-corrected chi connectivity index (χ3v) is 6.33. The largest absolute Gasteiger partial charge is 0.384 e. The molecule has 4 rings (SSSR count). The fourth-order valence-electron chi connectivity index (χ4n) is 4.83. The van der Waals surface area contributed by atoms with Gasteiger partial charge in [-0.25, -0.2) is 4.68 Å². The van der Waals surface area contributed by atoms with Crippen molar-refractivity contribution in [2.24, 2.45) is 5.41 Å². The van der Waals surface area contributed by atoms with Gasteiger partial charge in [0.25, 0.3) is 0 Å². The Hall–Kier alpha value is -2.09. The SMILES string of the molecule is Cc1cc(N)n(CC(=O)N2CC[C@]3(CCCN(C4CCOCC4)C3=O)C2)n1. The van der Waals surface area contributed by atoms with Gasteiger partial charge < -0.3 is 20.3 Å². The topological polar surface area (TPSA) is 93.7 Å². The van der Waals surface area contributed by atoms with E-state index in [1.165, 1.54) is 0 Å². The minimum atomic E-state index is -0.405. The molecule has 0 unspecified atom stereocenters. The van der Waals surface area contributed by atoms with Crippen LogP contribution in [-0.2, 0) is 20.9 Å². The molecule has 0 aromatic carbocycles. The van der Waals surface area contributed by atoms with E-state index in [4.69, 9.17) is 10.5 Å². The smallest absolute Gasteiger partial charge is 0.244 e. The molecule has 1 spiro atoms. The number of carbonyl (C=O) groups excluding carboxylic acids is 2. The van der Waals surface area contributed by atoms with Crippen molar-refractivity contribution in [3.8, 4) is 0 Å². The van der Waals surface area contributed by atoms with Crippen LogP contribution in [0.25, 0.3) is 0 Å². The van der Waals surface area contributed by atoms with E-state index in [2.05, 4.69) is 10.00 Å². The molecule has 2 amide bonds. The molecular formula is C19H29N5O3. The minimum absolute atomic E-state index is 0.0161. The van der Waals surface area contributed by atoms with E-state index in [0.29, 0.717) is 24.9 Å². The highest BCUT2D eigenvalue weighted by Crippen LogP contribution is 2.41. The van der Waals surface area contributed by atoms with Crippen LogP contribution in [0.4, 0.5) is 5.82 Å². The number of carbonyl (C=O) groups is 2. The Morgan fingerprint density at radius 1 is 1.33 bits per heavy atom. The second-order valence-electron chi connectivity index (χ2n) is 8.16. The van der Waals surface area contributed by atoms with Crippen LogP contribution >= 0.6 is 0 Å². The molecule has 3 saturated heterocycles. The number of amides is 2. The number of piperidine rings is 1. The fourth-order valence-corrected chi connectivity index (χ4v) is 4.83. The zero-order valence-corrected chi connectivity index (χ0v) is 16.0. The summed E-state index contributed by atoms with van der Waals surface area (Å²) in [7, 11) is 0. The molecule has 3 aliphatic heterocycles. The molecule has 3 aliphatic rings. The Morgan fingerprint density at radius 3 is 2.81 bits per heavy atom. The van der Waals surface area contributed by atoms with Gasteiger partial charge in [-0.3, -0.25) is 9.59 Å². The van der Waals surface area contributed by atoms with Crippen molar-refractivity contribution < 1.29 is 14.3 Å². The summed E-state index contributed by atoms with van der Waals surface area (Å²) in [5, 5.41) is 4.27. The standard InChI is InChI=1S/C19H29N5O3/c1-14-11-16(20)24(21-14)12-17(25)22-8-6-19(13-22)5-2-7-23(18(19)26)15-3-9-27-10-4-15/h11,15H,2-10,12-13,20H2,1H3/t19-/m1/s1. The molecule has 148 valence electrons. The van der Waals surface area contributed by atoms with Crippen LogP contribution < -0.4 is 5.73 Å². The molecular weight excluding hydrogens is 346 g/mol. The van der Waals surface area contributed by atoms with Crippen molar-refractivity contribution in [1.29, 1.82) is 0 Å². The molecule has 0 saturated carbocycles. The first-order valence-electron chi connectivity index (χ1n) is 9.95. The number of rotatable bonds is 3. The third-order valence-electron chi connectivity index (χ3n) is 6.33. The molecule has 4 heterocycles. The summed E-state index contributed by atoms with van der Waals surface area (Å²) in [6, 6.07) is 2.05. The van der Waals surface area contributed by atoms with Gasteiger partial charge in [0.05, 0.1) is 11.1 Å². The van der Waals surface area contributed by atoms with Gasteiger partial charge in [0, 0.05) is 45.0 Å². The maximum Gasteiger partial charge on any atom is 0.244 e. The molecule has 1 aromatic heterocycles. The molecule has 8 heteroatoms. The number of hydrogen-bond acceptors (Lipinski definition) is 5. The lowest BCUT2D eigenvalue weighted by molar-refractivity contribution is -0.151. The molecule has 1 atom stereocenters. The van der Waals surface area contributed by atoms with Crippen LogP contribution in [0.1, 0.15) is 37.8 Å². The number of likely N-dealkylation sites (tertiary alicyclic amines) is 2. The van der Waals surface area contributed by atoms with E-state index in [-0.39, 0.29) is 18.4 Å². The molecule has 3 fully saturated rings. The molecule has 2 N–H and O–H groups in total. The quantitative estimate of drug-likeness (QED) is 0.843. The summed E-state index contributed by atoms with van der Waals surface area (Å²) in [5.74, 6) is 0.720. The Kier molecular flexibility index (Phi) is 4.84. The maximum absolute atomic E-state index is 13.3. The number of anilines is 1. The van der Waals surface area contributed by atoms with Crippen molar-refractivity contribution >= 4 is 17.6 Å². The lowest BCUT2D eigenvalue weighted by Gasteiger charge is -2.44. The van der Waals surface area contributed by atoms with Crippen LogP contribution in [-0.4, -0.2) is 70.3 Å². The van der Waals surface area contributed by atoms with Gasteiger partial charge in [0.1, 0.15) is 12.4 Å². The summed E-state index contributed by atoms with van der Waals surface area (Å²) < 4.78 is 6.99. The maximum atomic E-state index is 13.3. The molecule has 0 aliphatic carbocycles. The predicted molar refractivity (Wildman–Crippen MR) is 99.8 cm³/mol. The van der Waals surface area contributed by atoms with Crippen molar-refractivity contribution in [3.05, 3.63) is 11.8 Å².